The lowest BCUT2D eigenvalue weighted by molar-refractivity contribution is -0.136. The van der Waals surface area contributed by atoms with Crippen LogP contribution in [0.25, 0.3) is 10.2 Å². The van der Waals surface area contributed by atoms with Gasteiger partial charge in [0.15, 0.2) is 0 Å². The van der Waals surface area contributed by atoms with Gasteiger partial charge >= 0.3 is 6.03 Å². The number of carbonyl (C=O) groups is 4. The number of aromatic nitrogens is 2. The Bertz CT molecular complexity index is 1470. The van der Waals surface area contributed by atoms with Crippen LogP contribution in [0.1, 0.15) is 54.7 Å². The molecular formula is C26H28N6O5S. The van der Waals surface area contributed by atoms with Crippen molar-refractivity contribution in [3.63, 3.8) is 0 Å². The van der Waals surface area contributed by atoms with Crippen LogP contribution in [0.3, 0.4) is 0 Å². The van der Waals surface area contributed by atoms with Crippen LogP contribution < -0.4 is 20.7 Å². The van der Waals surface area contributed by atoms with Crippen molar-refractivity contribution in [3.05, 3.63) is 46.6 Å². The molecule has 2 aromatic heterocycles. The quantitative estimate of drug-likeness (QED) is 0.411. The van der Waals surface area contributed by atoms with E-state index in [1.807, 2.05) is 39.0 Å². The number of urea groups is 1. The average molecular weight is 537 g/mol. The van der Waals surface area contributed by atoms with E-state index < -0.39 is 23.5 Å². The molecule has 0 radical (unpaired) electrons. The molecule has 2 atom stereocenters. The van der Waals surface area contributed by atoms with Gasteiger partial charge in [0.1, 0.15) is 28.1 Å². The number of fused-ring (bicyclic) bond motifs is 2. The van der Waals surface area contributed by atoms with Gasteiger partial charge < -0.3 is 15.0 Å². The number of piperidine rings is 1. The highest BCUT2D eigenvalue weighted by Gasteiger charge is 2.40. The number of benzene rings is 1. The van der Waals surface area contributed by atoms with Crippen LogP contribution in [-0.2, 0) is 21.7 Å². The Balaban J connectivity index is 1.33. The second-order valence-electron chi connectivity index (χ2n) is 9.85. The molecule has 38 heavy (non-hydrogen) atoms. The third kappa shape index (κ3) is 4.44. The van der Waals surface area contributed by atoms with Crippen molar-refractivity contribution in [2.45, 2.75) is 51.7 Å². The number of amides is 5. The van der Waals surface area contributed by atoms with Gasteiger partial charge in [-0.2, -0.15) is 0 Å². The molecule has 11 nitrogen and oxygen atoms in total. The third-order valence-electron chi connectivity index (χ3n) is 7.19. The number of nitrogens with one attached hydrogen (secondary N) is 3. The molecule has 3 aromatic rings. The van der Waals surface area contributed by atoms with Gasteiger partial charge in [0.05, 0.1) is 35.2 Å². The first-order valence-electron chi connectivity index (χ1n) is 12.3. The zero-order valence-corrected chi connectivity index (χ0v) is 22.3. The molecule has 0 saturated carbocycles. The van der Waals surface area contributed by atoms with Crippen LogP contribution in [0.4, 0.5) is 10.6 Å². The summed E-state index contributed by atoms with van der Waals surface area (Å²) in [4.78, 5) is 60.5. The van der Waals surface area contributed by atoms with E-state index in [2.05, 4.69) is 20.9 Å². The maximum Gasteiger partial charge on any atom is 0.321 e. The molecule has 0 aliphatic carbocycles. The fraction of sp³-hybridized carbons (Fsp3) is 0.385. The lowest BCUT2D eigenvalue weighted by Crippen LogP contribution is -2.52. The molecule has 1 saturated heterocycles. The SMILES string of the molecule is COc1cccc2sc(C(C)(NC(=O)Nc3ccc4c(n3)CN(C3CCC(=O)NC3=O)C4=O)C(C)C)nc12. The van der Waals surface area contributed by atoms with Crippen LogP contribution in [0.5, 0.6) is 5.75 Å². The van der Waals surface area contributed by atoms with Gasteiger partial charge in [-0.3, -0.25) is 25.0 Å². The number of hydrogen-bond donors (Lipinski definition) is 3. The number of pyridine rings is 1. The predicted octanol–water partition coefficient (Wildman–Crippen LogP) is 3.15. The number of carbonyl (C=O) groups excluding carboxylic acids is 4. The Hall–Kier alpha value is -4.06. The van der Waals surface area contributed by atoms with E-state index in [1.54, 1.807) is 19.2 Å². The van der Waals surface area contributed by atoms with Gasteiger partial charge in [0.25, 0.3) is 5.91 Å². The Morgan fingerprint density at radius 1 is 1.21 bits per heavy atom. The minimum Gasteiger partial charge on any atom is -0.494 e. The van der Waals surface area contributed by atoms with Crippen LogP contribution in [0.15, 0.2) is 30.3 Å². The first kappa shape index (κ1) is 25.6. The fourth-order valence-electron chi connectivity index (χ4n) is 4.64. The molecule has 198 valence electrons. The predicted molar refractivity (Wildman–Crippen MR) is 141 cm³/mol. The van der Waals surface area contributed by atoms with Gasteiger partial charge in [0.2, 0.25) is 11.8 Å². The summed E-state index contributed by atoms with van der Waals surface area (Å²) < 4.78 is 6.40. The first-order chi connectivity index (χ1) is 18.1. The van der Waals surface area contributed by atoms with Crippen molar-refractivity contribution in [2.75, 3.05) is 12.4 Å². The second kappa shape index (κ2) is 9.67. The van der Waals surface area contributed by atoms with E-state index in [9.17, 15) is 19.2 Å². The summed E-state index contributed by atoms with van der Waals surface area (Å²) in [6.45, 7) is 6.06. The number of para-hydroxylation sites is 1. The molecule has 2 aliphatic heterocycles. The number of hydrogen-bond acceptors (Lipinski definition) is 8. The summed E-state index contributed by atoms with van der Waals surface area (Å²) in [5, 5.41) is 8.85. The zero-order chi connectivity index (χ0) is 27.2. The van der Waals surface area contributed by atoms with Gasteiger partial charge in [-0.05, 0) is 43.5 Å². The summed E-state index contributed by atoms with van der Waals surface area (Å²) in [6.07, 6.45) is 0.441. The first-order valence-corrected chi connectivity index (χ1v) is 13.1. The smallest absolute Gasteiger partial charge is 0.321 e. The van der Waals surface area contributed by atoms with Gasteiger partial charge in [-0.1, -0.05) is 19.9 Å². The van der Waals surface area contributed by atoms with Gasteiger partial charge in [-0.15, -0.1) is 11.3 Å². The highest BCUT2D eigenvalue weighted by atomic mass is 32.1. The van der Waals surface area contributed by atoms with Crippen LogP contribution in [0.2, 0.25) is 0 Å². The summed E-state index contributed by atoms with van der Waals surface area (Å²) in [5.41, 5.74) is 0.793. The largest absolute Gasteiger partial charge is 0.494 e. The topological polar surface area (TPSA) is 143 Å². The number of rotatable bonds is 6. The minimum atomic E-state index is -0.784. The number of anilines is 1. The second-order valence-corrected chi connectivity index (χ2v) is 10.9. The summed E-state index contributed by atoms with van der Waals surface area (Å²) >= 11 is 1.49. The van der Waals surface area contributed by atoms with Crippen molar-refractivity contribution >= 4 is 51.1 Å². The molecule has 2 aliphatic rings. The third-order valence-corrected chi connectivity index (χ3v) is 8.45. The fourth-order valence-corrected chi connectivity index (χ4v) is 5.88. The van der Waals surface area contributed by atoms with E-state index in [0.717, 1.165) is 15.2 Å². The number of ether oxygens (including phenoxy) is 1. The molecular weight excluding hydrogens is 508 g/mol. The lowest BCUT2D eigenvalue weighted by Gasteiger charge is -2.32. The van der Waals surface area contributed by atoms with Crippen molar-refractivity contribution in [1.29, 1.82) is 0 Å². The Kier molecular flexibility index (Phi) is 6.51. The number of thiazole rings is 1. The molecule has 12 heteroatoms. The van der Waals surface area contributed by atoms with Crippen LogP contribution in [0, 0.1) is 5.92 Å². The monoisotopic (exact) mass is 536 g/mol. The standard InChI is InChI=1S/C26H28N6O5S/c1-13(2)26(3,24-30-21-17(37-4)6-5-7-18(21)38-24)31-25(36)28-19-10-8-14-15(27-19)12-32(23(14)35)16-9-11-20(33)29-22(16)34/h5-8,10,13,16H,9,11-12H2,1-4H3,(H,29,33,34)(H2,27,28,31,36). The van der Waals surface area contributed by atoms with E-state index in [-0.39, 0.29) is 42.9 Å². The Morgan fingerprint density at radius 2 is 2.00 bits per heavy atom. The van der Waals surface area contributed by atoms with E-state index in [4.69, 9.17) is 9.72 Å². The molecule has 5 rings (SSSR count). The summed E-state index contributed by atoms with van der Waals surface area (Å²) in [7, 11) is 1.60. The summed E-state index contributed by atoms with van der Waals surface area (Å²) in [5.74, 6) is -0.200. The van der Waals surface area contributed by atoms with Gasteiger partial charge in [0, 0.05) is 6.42 Å². The number of imide groups is 1. The van der Waals surface area contributed by atoms with E-state index in [0.29, 0.717) is 17.0 Å². The molecule has 0 bridgehead atoms. The van der Waals surface area contributed by atoms with Crippen LogP contribution in [-0.4, -0.2) is 51.8 Å². The minimum absolute atomic E-state index is 0.00693. The molecule has 0 spiro atoms. The van der Waals surface area contributed by atoms with Crippen molar-refractivity contribution in [3.8, 4) is 5.75 Å². The molecule has 1 fully saturated rings. The maximum absolute atomic E-state index is 13.1. The van der Waals surface area contributed by atoms with E-state index in [1.165, 1.54) is 16.2 Å². The number of nitrogens with zero attached hydrogens (tertiary/aromatic N) is 3. The van der Waals surface area contributed by atoms with Crippen molar-refractivity contribution < 1.29 is 23.9 Å². The normalized spacial score (nSPS) is 18.8. The van der Waals surface area contributed by atoms with Crippen molar-refractivity contribution in [2.24, 2.45) is 5.92 Å². The van der Waals surface area contributed by atoms with Gasteiger partial charge in [-0.25, -0.2) is 14.8 Å². The molecule has 2 unspecified atom stereocenters. The van der Waals surface area contributed by atoms with E-state index >= 15 is 0 Å². The summed E-state index contributed by atoms with van der Waals surface area (Å²) in [6, 6.07) is 7.67. The lowest BCUT2D eigenvalue weighted by atomic mass is 9.89. The van der Waals surface area contributed by atoms with Crippen LogP contribution >= 0.6 is 11.3 Å². The maximum atomic E-state index is 13.1. The highest BCUT2D eigenvalue weighted by Crippen LogP contribution is 2.38. The number of methoxy groups -OCH3 is 1. The average Bonchev–Trinajstić information content (AvgIpc) is 3.45. The molecule has 1 aromatic carbocycles. The molecule has 3 N–H and O–H groups in total. The van der Waals surface area contributed by atoms with Crippen molar-refractivity contribution in [1.82, 2.24) is 25.5 Å². The molecule has 4 heterocycles. The molecule has 5 amide bonds. The Labute approximate surface area is 223 Å². The highest BCUT2D eigenvalue weighted by molar-refractivity contribution is 7.18. The Morgan fingerprint density at radius 3 is 2.71 bits per heavy atom. The zero-order valence-electron chi connectivity index (χ0n) is 21.5.